The molecular weight excluding hydrogens is 252 g/mol. The highest BCUT2D eigenvalue weighted by Gasteiger charge is 2.18. The third kappa shape index (κ3) is 2.92. The van der Waals surface area contributed by atoms with Crippen LogP contribution in [-0.4, -0.2) is 14.2 Å². The lowest BCUT2D eigenvalue weighted by Gasteiger charge is -2.21. The lowest BCUT2D eigenvalue weighted by atomic mass is 9.94. The van der Waals surface area contributed by atoms with E-state index in [0.29, 0.717) is 11.5 Å². The van der Waals surface area contributed by atoms with Gasteiger partial charge in [0.15, 0.2) is 11.5 Å². The van der Waals surface area contributed by atoms with Crippen molar-refractivity contribution >= 4 is 0 Å². The van der Waals surface area contributed by atoms with Crippen LogP contribution in [0.4, 0.5) is 0 Å². The first-order valence-corrected chi connectivity index (χ1v) is 6.45. The van der Waals surface area contributed by atoms with E-state index in [0.717, 1.165) is 11.1 Å². The highest BCUT2D eigenvalue weighted by molar-refractivity contribution is 5.44. The van der Waals surface area contributed by atoms with Gasteiger partial charge in [0.2, 0.25) is 0 Å². The standard InChI is InChI=1S/C16H20N2O2/c1-19-13-9-8-12(10-14(13)20-2)16(18)15(17)11-6-4-3-5-7-11/h3-10,15-16H,17-18H2,1-2H3. The third-order valence-electron chi connectivity index (χ3n) is 3.36. The van der Waals surface area contributed by atoms with Gasteiger partial charge in [0.1, 0.15) is 0 Å². The molecule has 106 valence electrons. The molecule has 0 saturated carbocycles. The number of hydrogen-bond donors (Lipinski definition) is 2. The number of nitrogens with two attached hydrogens (primary N) is 2. The smallest absolute Gasteiger partial charge is 0.161 e. The highest BCUT2D eigenvalue weighted by atomic mass is 16.5. The van der Waals surface area contributed by atoms with Crippen molar-refractivity contribution in [2.45, 2.75) is 12.1 Å². The molecule has 0 aliphatic carbocycles. The average molecular weight is 272 g/mol. The Balaban J connectivity index is 2.27. The van der Waals surface area contributed by atoms with Crippen molar-refractivity contribution < 1.29 is 9.47 Å². The molecule has 20 heavy (non-hydrogen) atoms. The molecule has 2 aromatic rings. The number of rotatable bonds is 5. The largest absolute Gasteiger partial charge is 0.493 e. The second kappa shape index (κ2) is 6.41. The molecule has 0 fully saturated rings. The van der Waals surface area contributed by atoms with E-state index in [1.54, 1.807) is 14.2 Å². The molecule has 4 nitrogen and oxygen atoms in total. The Kier molecular flexibility index (Phi) is 4.61. The summed E-state index contributed by atoms with van der Waals surface area (Å²) in [6.07, 6.45) is 0. The van der Waals surface area contributed by atoms with Gasteiger partial charge >= 0.3 is 0 Å². The average Bonchev–Trinajstić information content (AvgIpc) is 2.53. The fraction of sp³-hybridized carbons (Fsp3) is 0.250. The van der Waals surface area contributed by atoms with Crippen LogP contribution in [0.5, 0.6) is 11.5 Å². The first-order valence-electron chi connectivity index (χ1n) is 6.45. The second-order valence-corrected chi connectivity index (χ2v) is 4.58. The maximum absolute atomic E-state index is 6.26. The van der Waals surface area contributed by atoms with Crippen LogP contribution in [0, 0.1) is 0 Å². The van der Waals surface area contributed by atoms with Crippen LogP contribution in [0.25, 0.3) is 0 Å². The fourth-order valence-electron chi connectivity index (χ4n) is 2.15. The van der Waals surface area contributed by atoms with Gasteiger partial charge in [-0.05, 0) is 23.3 Å². The Morgan fingerprint density at radius 1 is 0.750 bits per heavy atom. The van der Waals surface area contributed by atoms with Gasteiger partial charge < -0.3 is 20.9 Å². The van der Waals surface area contributed by atoms with E-state index in [1.165, 1.54) is 0 Å². The molecule has 4 N–H and O–H groups in total. The van der Waals surface area contributed by atoms with Crippen molar-refractivity contribution in [3.8, 4) is 11.5 Å². The SMILES string of the molecule is COc1ccc(C(N)C(N)c2ccccc2)cc1OC. The van der Waals surface area contributed by atoms with Gasteiger partial charge in [0.05, 0.1) is 14.2 Å². The monoisotopic (exact) mass is 272 g/mol. The summed E-state index contributed by atoms with van der Waals surface area (Å²) in [5.41, 5.74) is 14.4. The van der Waals surface area contributed by atoms with Crippen molar-refractivity contribution in [1.82, 2.24) is 0 Å². The Morgan fingerprint density at radius 3 is 1.95 bits per heavy atom. The van der Waals surface area contributed by atoms with Gasteiger partial charge in [-0.3, -0.25) is 0 Å². The molecule has 4 heteroatoms. The van der Waals surface area contributed by atoms with E-state index in [4.69, 9.17) is 20.9 Å². The van der Waals surface area contributed by atoms with Crippen LogP contribution in [-0.2, 0) is 0 Å². The summed E-state index contributed by atoms with van der Waals surface area (Å²) in [5.74, 6) is 1.33. The van der Waals surface area contributed by atoms with E-state index in [9.17, 15) is 0 Å². The predicted octanol–water partition coefficient (Wildman–Crippen LogP) is 2.40. The predicted molar refractivity (Wildman–Crippen MR) is 79.8 cm³/mol. The molecular formula is C16H20N2O2. The van der Waals surface area contributed by atoms with Crippen molar-refractivity contribution in [3.05, 3.63) is 59.7 Å². The Bertz CT molecular complexity index is 558. The molecule has 2 atom stereocenters. The molecule has 2 rings (SSSR count). The van der Waals surface area contributed by atoms with Gasteiger partial charge in [0.25, 0.3) is 0 Å². The van der Waals surface area contributed by atoms with Crippen molar-refractivity contribution in [2.75, 3.05) is 14.2 Å². The van der Waals surface area contributed by atoms with Crippen LogP contribution in [0.1, 0.15) is 23.2 Å². The molecule has 0 saturated heterocycles. The van der Waals surface area contributed by atoms with E-state index in [2.05, 4.69) is 0 Å². The summed E-state index contributed by atoms with van der Waals surface area (Å²) < 4.78 is 10.5. The zero-order chi connectivity index (χ0) is 14.5. The van der Waals surface area contributed by atoms with Crippen LogP contribution < -0.4 is 20.9 Å². The van der Waals surface area contributed by atoms with E-state index in [1.807, 2.05) is 48.5 Å². The maximum atomic E-state index is 6.26. The number of hydrogen-bond acceptors (Lipinski definition) is 4. The quantitative estimate of drug-likeness (QED) is 0.877. The fourth-order valence-corrected chi connectivity index (χ4v) is 2.15. The topological polar surface area (TPSA) is 70.5 Å². The Labute approximate surface area is 119 Å². The van der Waals surface area contributed by atoms with Crippen molar-refractivity contribution in [3.63, 3.8) is 0 Å². The zero-order valence-electron chi connectivity index (χ0n) is 11.7. The minimum absolute atomic E-state index is 0.269. The summed E-state index contributed by atoms with van der Waals surface area (Å²) in [7, 11) is 3.21. The Hall–Kier alpha value is -2.04. The number of benzene rings is 2. The minimum Gasteiger partial charge on any atom is -0.493 e. The highest BCUT2D eigenvalue weighted by Crippen LogP contribution is 2.32. The third-order valence-corrected chi connectivity index (χ3v) is 3.36. The van der Waals surface area contributed by atoms with Gasteiger partial charge in [-0.15, -0.1) is 0 Å². The first-order chi connectivity index (χ1) is 9.67. The molecule has 0 aromatic heterocycles. The van der Waals surface area contributed by atoms with Gasteiger partial charge in [-0.1, -0.05) is 36.4 Å². The molecule has 0 aliphatic heterocycles. The van der Waals surface area contributed by atoms with Crippen molar-refractivity contribution in [2.24, 2.45) is 11.5 Å². The molecule has 0 bridgehead atoms. The summed E-state index contributed by atoms with van der Waals surface area (Å²) in [4.78, 5) is 0. The lowest BCUT2D eigenvalue weighted by molar-refractivity contribution is 0.354. The zero-order valence-corrected chi connectivity index (χ0v) is 11.7. The lowest BCUT2D eigenvalue weighted by Crippen LogP contribution is -2.26. The molecule has 0 heterocycles. The number of methoxy groups -OCH3 is 2. The first kappa shape index (κ1) is 14.4. The Morgan fingerprint density at radius 2 is 1.35 bits per heavy atom. The van der Waals surface area contributed by atoms with Gasteiger partial charge in [-0.2, -0.15) is 0 Å². The minimum atomic E-state index is -0.308. The normalized spacial score (nSPS) is 13.6. The molecule has 0 amide bonds. The molecule has 0 spiro atoms. The molecule has 0 radical (unpaired) electrons. The summed E-state index contributed by atoms with van der Waals surface area (Å²) in [5, 5.41) is 0. The van der Waals surface area contributed by atoms with E-state index >= 15 is 0 Å². The van der Waals surface area contributed by atoms with Crippen LogP contribution in [0.2, 0.25) is 0 Å². The second-order valence-electron chi connectivity index (χ2n) is 4.58. The van der Waals surface area contributed by atoms with E-state index in [-0.39, 0.29) is 12.1 Å². The molecule has 2 aromatic carbocycles. The van der Waals surface area contributed by atoms with Crippen LogP contribution in [0.3, 0.4) is 0 Å². The van der Waals surface area contributed by atoms with Gasteiger partial charge in [0, 0.05) is 12.1 Å². The molecule has 2 unspecified atom stereocenters. The van der Waals surface area contributed by atoms with E-state index < -0.39 is 0 Å². The van der Waals surface area contributed by atoms with Crippen LogP contribution in [0.15, 0.2) is 48.5 Å². The maximum Gasteiger partial charge on any atom is 0.161 e. The van der Waals surface area contributed by atoms with Crippen molar-refractivity contribution in [1.29, 1.82) is 0 Å². The summed E-state index contributed by atoms with van der Waals surface area (Å²) in [6.45, 7) is 0. The van der Waals surface area contributed by atoms with Gasteiger partial charge in [-0.25, -0.2) is 0 Å². The summed E-state index contributed by atoms with van der Waals surface area (Å²) >= 11 is 0. The number of ether oxygens (including phenoxy) is 2. The van der Waals surface area contributed by atoms with Crippen LogP contribution >= 0.6 is 0 Å². The summed E-state index contributed by atoms with van der Waals surface area (Å²) in [6, 6.07) is 14.9. The molecule has 0 aliphatic rings.